The summed E-state index contributed by atoms with van der Waals surface area (Å²) in [7, 11) is 3.36. The molecule has 1 aliphatic carbocycles. The number of rotatable bonds is 12. The van der Waals surface area contributed by atoms with Crippen LogP contribution in [-0.4, -0.2) is 84.9 Å². The third-order valence-electron chi connectivity index (χ3n) is 8.46. The number of benzene rings is 2. The van der Waals surface area contributed by atoms with E-state index in [1.165, 1.54) is 12.1 Å². The second kappa shape index (κ2) is 14.2. The third-order valence-corrected chi connectivity index (χ3v) is 9.04. The summed E-state index contributed by atoms with van der Waals surface area (Å²) in [6.45, 7) is 3.44. The number of halogens is 3. The van der Waals surface area contributed by atoms with E-state index in [1.807, 2.05) is 11.0 Å². The summed E-state index contributed by atoms with van der Waals surface area (Å²) in [5.74, 6) is -0.854. The van der Waals surface area contributed by atoms with Gasteiger partial charge >= 0.3 is 0 Å². The summed E-state index contributed by atoms with van der Waals surface area (Å²) in [6, 6.07) is 9.83. The Morgan fingerprint density at radius 3 is 2.36 bits per heavy atom. The van der Waals surface area contributed by atoms with E-state index in [9.17, 15) is 18.8 Å². The molecule has 0 aromatic heterocycles. The first-order valence-electron chi connectivity index (χ1n) is 14.5. The summed E-state index contributed by atoms with van der Waals surface area (Å²) >= 11 is 12.5. The van der Waals surface area contributed by atoms with Crippen LogP contribution in [0.1, 0.15) is 43.7 Å². The van der Waals surface area contributed by atoms with E-state index in [0.29, 0.717) is 48.9 Å². The van der Waals surface area contributed by atoms with Gasteiger partial charge in [-0.1, -0.05) is 54.7 Å². The molecule has 3 unspecified atom stereocenters. The Balaban J connectivity index is 1.55. The van der Waals surface area contributed by atoms with Crippen molar-refractivity contribution in [3.8, 4) is 0 Å². The average Bonchev–Trinajstić information content (AvgIpc) is 3.79. The smallest absolute Gasteiger partial charge is 0.245 e. The first-order chi connectivity index (χ1) is 20.1. The van der Waals surface area contributed by atoms with Gasteiger partial charge in [-0.3, -0.25) is 19.3 Å². The van der Waals surface area contributed by atoms with Crippen LogP contribution in [0.3, 0.4) is 0 Å². The second-order valence-electron chi connectivity index (χ2n) is 11.2. The number of nitrogens with zero attached hydrogens (tertiary/aromatic N) is 2. The maximum Gasteiger partial charge on any atom is 0.245 e. The van der Waals surface area contributed by atoms with Crippen LogP contribution in [0.5, 0.6) is 0 Å². The van der Waals surface area contributed by atoms with E-state index in [0.717, 1.165) is 24.0 Å². The van der Waals surface area contributed by atoms with Crippen molar-refractivity contribution in [3.63, 3.8) is 0 Å². The minimum atomic E-state index is -0.803. The predicted molar refractivity (Wildman–Crippen MR) is 163 cm³/mol. The van der Waals surface area contributed by atoms with E-state index in [2.05, 4.69) is 27.8 Å². The highest BCUT2D eigenvalue weighted by Gasteiger charge is 2.50. The molecule has 1 saturated carbocycles. The van der Waals surface area contributed by atoms with Crippen molar-refractivity contribution in [1.29, 1.82) is 0 Å². The SMILES string of the molecule is CCCC1CN(C(Cc2ccc(Cl)cc2Cl)C(=O)NC)CCN1C(=O)C(Cc1ccc(F)cc1)NC(=O)C1(NC)CC1. The fourth-order valence-corrected chi connectivity index (χ4v) is 6.24. The second-order valence-corrected chi connectivity index (χ2v) is 12.1. The van der Waals surface area contributed by atoms with Gasteiger partial charge in [0.25, 0.3) is 0 Å². The van der Waals surface area contributed by atoms with Gasteiger partial charge in [-0.05, 0) is 68.1 Å². The lowest BCUT2D eigenvalue weighted by atomic mass is 9.98. The summed E-state index contributed by atoms with van der Waals surface area (Å²) in [6.07, 6.45) is 3.65. The molecule has 4 rings (SSSR count). The molecule has 2 aromatic carbocycles. The van der Waals surface area contributed by atoms with Crippen LogP contribution in [0.15, 0.2) is 42.5 Å². The van der Waals surface area contributed by atoms with Gasteiger partial charge < -0.3 is 20.9 Å². The topological polar surface area (TPSA) is 93.8 Å². The molecular formula is C31H40Cl2FN5O3. The van der Waals surface area contributed by atoms with Gasteiger partial charge in [-0.15, -0.1) is 0 Å². The normalized spacial score (nSPS) is 19.6. The van der Waals surface area contributed by atoms with Crippen LogP contribution in [0, 0.1) is 5.82 Å². The van der Waals surface area contributed by atoms with Crippen LogP contribution >= 0.6 is 23.2 Å². The van der Waals surface area contributed by atoms with Gasteiger partial charge in [0, 0.05) is 49.2 Å². The first kappa shape index (κ1) is 32.2. The Kier molecular flexibility index (Phi) is 10.9. The maximum absolute atomic E-state index is 14.1. The average molecular weight is 621 g/mol. The van der Waals surface area contributed by atoms with E-state index < -0.39 is 17.6 Å². The minimum Gasteiger partial charge on any atom is -0.358 e. The van der Waals surface area contributed by atoms with E-state index >= 15 is 0 Å². The Hall–Kier alpha value is -2.72. The molecule has 0 bridgehead atoms. The molecule has 8 nitrogen and oxygen atoms in total. The number of carbonyl (C=O) groups is 3. The highest BCUT2D eigenvalue weighted by Crippen LogP contribution is 2.35. The summed E-state index contributed by atoms with van der Waals surface area (Å²) in [5, 5.41) is 9.91. The van der Waals surface area contributed by atoms with Crippen LogP contribution < -0.4 is 16.0 Å². The first-order valence-corrected chi connectivity index (χ1v) is 15.3. The molecule has 0 radical (unpaired) electrons. The van der Waals surface area contributed by atoms with E-state index in [4.69, 9.17) is 23.2 Å². The predicted octanol–water partition coefficient (Wildman–Crippen LogP) is 3.58. The highest BCUT2D eigenvalue weighted by molar-refractivity contribution is 6.35. The summed E-state index contributed by atoms with van der Waals surface area (Å²) in [4.78, 5) is 44.4. The maximum atomic E-state index is 14.1. The standard InChI is InChI=1S/C31H40Cl2FN5O3/c1-4-5-24-19-38(27(28(40)35-2)17-21-8-9-22(32)18-25(21)33)14-15-39(24)29(41)26(16-20-6-10-23(34)11-7-20)37-30(42)31(36-3)12-13-31/h6-11,18,24,26-27,36H,4-5,12-17,19H2,1-3H3,(H,35,40)(H,37,42). The monoisotopic (exact) mass is 619 g/mol. The molecule has 1 aliphatic heterocycles. The van der Waals surface area contributed by atoms with E-state index in [1.54, 1.807) is 38.4 Å². The Morgan fingerprint density at radius 2 is 1.76 bits per heavy atom. The minimum absolute atomic E-state index is 0.126. The van der Waals surface area contributed by atoms with Crippen LogP contribution in [-0.2, 0) is 27.2 Å². The quantitative estimate of drug-likeness (QED) is 0.338. The van der Waals surface area contributed by atoms with Crippen molar-refractivity contribution in [1.82, 2.24) is 25.8 Å². The zero-order chi connectivity index (χ0) is 30.4. The molecule has 11 heteroatoms. The fraction of sp³-hybridized carbons (Fsp3) is 0.516. The summed E-state index contributed by atoms with van der Waals surface area (Å²) < 4.78 is 13.6. The number of hydrogen-bond donors (Lipinski definition) is 3. The number of amides is 3. The molecule has 42 heavy (non-hydrogen) atoms. The van der Waals surface area contributed by atoms with Gasteiger partial charge in [-0.25, -0.2) is 4.39 Å². The van der Waals surface area contributed by atoms with Crippen molar-refractivity contribution in [3.05, 3.63) is 69.5 Å². The van der Waals surface area contributed by atoms with Crippen LogP contribution in [0.2, 0.25) is 10.0 Å². The molecular weight excluding hydrogens is 580 g/mol. The van der Waals surface area contributed by atoms with E-state index in [-0.39, 0.29) is 36.0 Å². The van der Waals surface area contributed by atoms with Crippen molar-refractivity contribution in [2.75, 3.05) is 33.7 Å². The Bertz CT molecular complexity index is 1270. The zero-order valence-electron chi connectivity index (χ0n) is 24.4. The number of likely N-dealkylation sites (N-methyl/N-ethyl adjacent to an activating group) is 2. The lowest BCUT2D eigenvalue weighted by Gasteiger charge is -2.45. The van der Waals surface area contributed by atoms with Gasteiger partial charge in [0.2, 0.25) is 17.7 Å². The van der Waals surface area contributed by atoms with Gasteiger partial charge in [0.15, 0.2) is 0 Å². The van der Waals surface area contributed by atoms with Gasteiger partial charge in [0.1, 0.15) is 11.9 Å². The largest absolute Gasteiger partial charge is 0.358 e. The van der Waals surface area contributed by atoms with Gasteiger partial charge in [0.05, 0.1) is 11.6 Å². The number of nitrogens with one attached hydrogen (secondary N) is 3. The van der Waals surface area contributed by atoms with Crippen molar-refractivity contribution in [2.24, 2.45) is 0 Å². The van der Waals surface area contributed by atoms with Crippen LogP contribution in [0.25, 0.3) is 0 Å². The number of piperazine rings is 1. The molecule has 3 N–H and O–H groups in total. The Labute approximate surface area is 257 Å². The fourth-order valence-electron chi connectivity index (χ4n) is 5.75. The lowest BCUT2D eigenvalue weighted by molar-refractivity contribution is -0.142. The molecule has 1 saturated heterocycles. The molecule has 3 atom stereocenters. The van der Waals surface area contributed by atoms with Crippen molar-refractivity contribution >= 4 is 40.9 Å². The Morgan fingerprint density at radius 1 is 1.05 bits per heavy atom. The molecule has 228 valence electrons. The van der Waals surface area contributed by atoms with Gasteiger partial charge in [-0.2, -0.15) is 0 Å². The molecule has 0 spiro atoms. The number of hydrogen-bond acceptors (Lipinski definition) is 5. The molecule has 1 heterocycles. The molecule has 3 amide bonds. The van der Waals surface area contributed by atoms with Crippen LogP contribution in [0.4, 0.5) is 4.39 Å². The van der Waals surface area contributed by atoms with Crippen molar-refractivity contribution in [2.45, 2.75) is 69.1 Å². The molecule has 2 aromatic rings. The molecule has 2 fully saturated rings. The number of carbonyl (C=O) groups excluding carboxylic acids is 3. The van der Waals surface area contributed by atoms with Crippen molar-refractivity contribution < 1.29 is 18.8 Å². The highest BCUT2D eigenvalue weighted by atomic mass is 35.5. The lowest BCUT2D eigenvalue weighted by Crippen LogP contribution is -2.63. The zero-order valence-corrected chi connectivity index (χ0v) is 25.9. The molecule has 2 aliphatic rings. The third kappa shape index (κ3) is 7.61. The summed E-state index contributed by atoms with van der Waals surface area (Å²) in [5.41, 5.74) is 0.933.